The normalized spacial score (nSPS) is 10.7. The van der Waals surface area contributed by atoms with E-state index in [9.17, 15) is 4.79 Å². The third kappa shape index (κ3) is 5.20. The van der Waals surface area contributed by atoms with Crippen LogP contribution in [0.15, 0.2) is 59.1 Å². The number of amides is 1. The van der Waals surface area contributed by atoms with E-state index in [-0.39, 0.29) is 5.91 Å². The SMILES string of the molecule is CCc1ccc(-c2noc(CSCCC(=O)Nc3ccccc3)n2)cc1. The standard InChI is InChI=1S/C20H21N3O2S/c1-2-15-8-10-16(11-9-15)20-22-19(25-23-20)14-26-13-12-18(24)21-17-6-4-3-5-7-17/h3-11H,2,12-14H2,1H3,(H,21,24). The number of nitrogens with zero attached hydrogens (tertiary/aromatic N) is 2. The van der Waals surface area contributed by atoms with Gasteiger partial charge >= 0.3 is 0 Å². The zero-order valence-electron chi connectivity index (χ0n) is 14.6. The van der Waals surface area contributed by atoms with E-state index in [0.29, 0.717) is 29.6 Å². The van der Waals surface area contributed by atoms with E-state index in [2.05, 4.69) is 34.5 Å². The van der Waals surface area contributed by atoms with Crippen LogP contribution in [0.1, 0.15) is 24.8 Å². The zero-order valence-corrected chi connectivity index (χ0v) is 15.5. The fourth-order valence-electron chi connectivity index (χ4n) is 2.39. The summed E-state index contributed by atoms with van der Waals surface area (Å²) in [7, 11) is 0. The van der Waals surface area contributed by atoms with Crippen LogP contribution < -0.4 is 5.32 Å². The molecule has 0 aliphatic rings. The fourth-order valence-corrected chi connectivity index (χ4v) is 3.16. The van der Waals surface area contributed by atoms with Gasteiger partial charge in [-0.1, -0.05) is 54.5 Å². The van der Waals surface area contributed by atoms with Gasteiger partial charge in [0.25, 0.3) is 0 Å². The first-order chi connectivity index (χ1) is 12.7. The molecular formula is C20H21N3O2S. The number of benzene rings is 2. The summed E-state index contributed by atoms with van der Waals surface area (Å²) >= 11 is 1.60. The number of aryl methyl sites for hydroxylation is 1. The van der Waals surface area contributed by atoms with Crippen molar-refractivity contribution in [1.82, 2.24) is 10.1 Å². The molecule has 0 atom stereocenters. The van der Waals surface area contributed by atoms with Crippen molar-refractivity contribution in [2.75, 3.05) is 11.1 Å². The zero-order chi connectivity index (χ0) is 18.2. The van der Waals surface area contributed by atoms with Crippen molar-refractivity contribution in [3.63, 3.8) is 0 Å². The predicted molar refractivity (Wildman–Crippen MR) is 105 cm³/mol. The Kier molecular flexibility index (Phi) is 6.44. The Hall–Kier alpha value is -2.60. The molecular weight excluding hydrogens is 346 g/mol. The Balaban J connectivity index is 1.42. The second kappa shape index (κ2) is 9.20. The van der Waals surface area contributed by atoms with E-state index in [4.69, 9.17) is 4.52 Å². The highest BCUT2D eigenvalue weighted by Crippen LogP contribution is 2.19. The minimum atomic E-state index is 0.00549. The highest BCUT2D eigenvalue weighted by atomic mass is 32.2. The van der Waals surface area contributed by atoms with Crippen LogP contribution in [0.3, 0.4) is 0 Å². The second-order valence-electron chi connectivity index (χ2n) is 5.78. The van der Waals surface area contributed by atoms with Crippen molar-refractivity contribution in [3.8, 4) is 11.4 Å². The Morgan fingerprint density at radius 3 is 2.62 bits per heavy atom. The van der Waals surface area contributed by atoms with Gasteiger partial charge in [-0.05, 0) is 24.1 Å². The molecule has 0 aliphatic carbocycles. The van der Waals surface area contributed by atoms with Gasteiger partial charge < -0.3 is 9.84 Å². The molecule has 0 saturated carbocycles. The lowest BCUT2D eigenvalue weighted by Crippen LogP contribution is -2.12. The van der Waals surface area contributed by atoms with Crippen LogP contribution in [0.4, 0.5) is 5.69 Å². The second-order valence-corrected chi connectivity index (χ2v) is 6.88. The lowest BCUT2D eigenvalue weighted by molar-refractivity contribution is -0.115. The van der Waals surface area contributed by atoms with Crippen molar-refractivity contribution < 1.29 is 9.32 Å². The van der Waals surface area contributed by atoms with Gasteiger partial charge in [0.15, 0.2) is 0 Å². The van der Waals surface area contributed by atoms with Gasteiger partial charge in [-0.3, -0.25) is 4.79 Å². The van der Waals surface area contributed by atoms with E-state index < -0.39 is 0 Å². The van der Waals surface area contributed by atoms with Crippen molar-refractivity contribution in [2.24, 2.45) is 0 Å². The third-order valence-electron chi connectivity index (χ3n) is 3.85. The van der Waals surface area contributed by atoms with Gasteiger partial charge in [0.2, 0.25) is 17.6 Å². The third-order valence-corrected chi connectivity index (χ3v) is 4.79. The summed E-state index contributed by atoms with van der Waals surface area (Å²) in [6.45, 7) is 2.12. The summed E-state index contributed by atoms with van der Waals surface area (Å²) in [4.78, 5) is 16.3. The van der Waals surface area contributed by atoms with Crippen molar-refractivity contribution in [3.05, 3.63) is 66.1 Å². The lowest BCUT2D eigenvalue weighted by Gasteiger charge is -2.04. The number of rotatable bonds is 8. The summed E-state index contributed by atoms with van der Waals surface area (Å²) in [5.74, 6) is 2.48. The molecule has 3 rings (SSSR count). The molecule has 1 N–H and O–H groups in total. The van der Waals surface area contributed by atoms with Gasteiger partial charge in [-0.2, -0.15) is 16.7 Å². The molecule has 0 fully saturated rings. The molecule has 0 spiro atoms. The van der Waals surface area contributed by atoms with E-state index in [1.54, 1.807) is 11.8 Å². The van der Waals surface area contributed by atoms with Crippen LogP contribution in [0, 0.1) is 0 Å². The number of aromatic nitrogens is 2. The average molecular weight is 367 g/mol. The van der Waals surface area contributed by atoms with Crippen LogP contribution in [0.25, 0.3) is 11.4 Å². The van der Waals surface area contributed by atoms with Crippen LogP contribution in [0.5, 0.6) is 0 Å². The first-order valence-electron chi connectivity index (χ1n) is 8.59. The molecule has 1 amide bonds. The summed E-state index contributed by atoms with van der Waals surface area (Å²) in [6, 6.07) is 17.6. The fraction of sp³-hybridized carbons (Fsp3) is 0.250. The van der Waals surface area contributed by atoms with Crippen molar-refractivity contribution in [2.45, 2.75) is 25.5 Å². The smallest absolute Gasteiger partial charge is 0.236 e. The number of carbonyl (C=O) groups excluding carboxylic acids is 1. The van der Waals surface area contributed by atoms with Gasteiger partial charge in [0.05, 0.1) is 5.75 Å². The number of anilines is 1. The first-order valence-corrected chi connectivity index (χ1v) is 9.74. The molecule has 134 valence electrons. The molecule has 26 heavy (non-hydrogen) atoms. The van der Waals surface area contributed by atoms with Gasteiger partial charge in [0, 0.05) is 23.4 Å². The molecule has 5 nitrogen and oxygen atoms in total. The van der Waals surface area contributed by atoms with Gasteiger partial charge in [-0.25, -0.2) is 0 Å². The van der Waals surface area contributed by atoms with Crippen LogP contribution in [-0.4, -0.2) is 21.8 Å². The number of carbonyl (C=O) groups is 1. The summed E-state index contributed by atoms with van der Waals surface area (Å²) in [5.41, 5.74) is 3.05. The number of para-hydroxylation sites is 1. The maximum atomic E-state index is 11.9. The Bertz CT molecular complexity index is 832. The Morgan fingerprint density at radius 2 is 1.88 bits per heavy atom. The number of thioether (sulfide) groups is 1. The topological polar surface area (TPSA) is 68.0 Å². The van der Waals surface area contributed by atoms with Crippen molar-refractivity contribution >= 4 is 23.4 Å². The Labute approximate surface area is 157 Å². The molecule has 0 unspecified atom stereocenters. The molecule has 1 aromatic heterocycles. The molecule has 0 aliphatic heterocycles. The highest BCUT2D eigenvalue weighted by Gasteiger charge is 2.09. The highest BCUT2D eigenvalue weighted by molar-refractivity contribution is 7.98. The first kappa shape index (κ1) is 18.2. The number of hydrogen-bond donors (Lipinski definition) is 1. The summed E-state index contributed by atoms with van der Waals surface area (Å²) < 4.78 is 5.30. The van der Waals surface area contributed by atoms with Gasteiger partial charge in [0.1, 0.15) is 0 Å². The molecule has 3 aromatic rings. The molecule has 1 heterocycles. The predicted octanol–water partition coefficient (Wildman–Crippen LogP) is 4.56. The largest absolute Gasteiger partial charge is 0.338 e. The molecule has 6 heteroatoms. The van der Waals surface area contributed by atoms with Crippen molar-refractivity contribution in [1.29, 1.82) is 0 Å². The maximum absolute atomic E-state index is 11.9. The molecule has 0 radical (unpaired) electrons. The quantitative estimate of drug-likeness (QED) is 0.591. The van der Waals surface area contributed by atoms with E-state index >= 15 is 0 Å². The minimum Gasteiger partial charge on any atom is -0.338 e. The number of hydrogen-bond acceptors (Lipinski definition) is 5. The van der Waals surface area contributed by atoms with Crippen LogP contribution in [-0.2, 0) is 17.0 Å². The monoisotopic (exact) mass is 367 g/mol. The maximum Gasteiger partial charge on any atom is 0.236 e. The number of nitrogens with one attached hydrogen (secondary N) is 1. The Morgan fingerprint density at radius 1 is 1.12 bits per heavy atom. The van der Waals surface area contributed by atoms with E-state index in [1.807, 2.05) is 42.5 Å². The summed E-state index contributed by atoms with van der Waals surface area (Å²) in [5, 5.41) is 6.90. The molecule has 0 saturated heterocycles. The van der Waals surface area contributed by atoms with E-state index in [1.165, 1.54) is 5.56 Å². The lowest BCUT2D eigenvalue weighted by atomic mass is 10.1. The van der Waals surface area contributed by atoms with Crippen LogP contribution >= 0.6 is 11.8 Å². The molecule has 2 aromatic carbocycles. The summed E-state index contributed by atoms with van der Waals surface area (Å²) in [6.07, 6.45) is 1.45. The van der Waals surface area contributed by atoms with E-state index in [0.717, 1.165) is 17.7 Å². The minimum absolute atomic E-state index is 0.00549. The molecule has 0 bridgehead atoms. The van der Waals surface area contributed by atoms with Gasteiger partial charge in [-0.15, -0.1) is 0 Å². The average Bonchev–Trinajstić information content (AvgIpc) is 3.15. The van der Waals surface area contributed by atoms with Crippen LogP contribution in [0.2, 0.25) is 0 Å².